The molecule has 120 valence electrons. The van der Waals surface area contributed by atoms with Gasteiger partial charge in [0.1, 0.15) is 0 Å². The van der Waals surface area contributed by atoms with E-state index in [9.17, 15) is 9.59 Å². The maximum absolute atomic E-state index is 12.9. The summed E-state index contributed by atoms with van der Waals surface area (Å²) >= 11 is 0. The quantitative estimate of drug-likeness (QED) is 0.725. The Labute approximate surface area is 124 Å². The van der Waals surface area contributed by atoms with Crippen molar-refractivity contribution in [1.29, 1.82) is 0 Å². The van der Waals surface area contributed by atoms with Crippen molar-refractivity contribution in [3.63, 3.8) is 0 Å². The number of carbonyl (C=O) groups is 2. The SMILES string of the molecule is COCC1(C(=O)N2CCOC(CC(=O)O)C2)CCNCC1. The number of morpholine rings is 1. The molecule has 0 aromatic carbocycles. The first-order valence-electron chi connectivity index (χ1n) is 7.40. The predicted octanol–water partition coefficient (Wildman–Crippen LogP) is -0.295. The zero-order valence-corrected chi connectivity index (χ0v) is 12.5. The van der Waals surface area contributed by atoms with Gasteiger partial charge in [-0.05, 0) is 25.9 Å². The Morgan fingerprint density at radius 3 is 2.76 bits per heavy atom. The Balaban J connectivity index is 2.03. The van der Waals surface area contributed by atoms with Gasteiger partial charge in [-0.3, -0.25) is 9.59 Å². The molecule has 7 heteroatoms. The molecular weight excluding hydrogens is 276 g/mol. The van der Waals surface area contributed by atoms with E-state index in [1.807, 2.05) is 0 Å². The average Bonchev–Trinajstić information content (AvgIpc) is 2.47. The van der Waals surface area contributed by atoms with E-state index in [1.165, 1.54) is 0 Å². The first kappa shape index (κ1) is 16.2. The summed E-state index contributed by atoms with van der Waals surface area (Å²) in [7, 11) is 1.61. The van der Waals surface area contributed by atoms with E-state index >= 15 is 0 Å². The van der Waals surface area contributed by atoms with Crippen molar-refractivity contribution in [2.45, 2.75) is 25.4 Å². The lowest BCUT2D eigenvalue weighted by molar-refractivity contribution is -0.158. The van der Waals surface area contributed by atoms with Gasteiger partial charge in [-0.2, -0.15) is 0 Å². The molecule has 21 heavy (non-hydrogen) atoms. The molecule has 1 amide bonds. The molecule has 2 aliphatic heterocycles. The molecule has 0 bridgehead atoms. The normalized spacial score (nSPS) is 25.6. The minimum Gasteiger partial charge on any atom is -0.481 e. The van der Waals surface area contributed by atoms with Crippen molar-refractivity contribution in [3.05, 3.63) is 0 Å². The lowest BCUT2D eigenvalue weighted by atomic mass is 9.78. The van der Waals surface area contributed by atoms with Gasteiger partial charge >= 0.3 is 5.97 Å². The number of rotatable bonds is 5. The van der Waals surface area contributed by atoms with Crippen molar-refractivity contribution < 1.29 is 24.2 Å². The van der Waals surface area contributed by atoms with Crippen LogP contribution in [0.2, 0.25) is 0 Å². The molecule has 1 atom stereocenters. The first-order valence-corrected chi connectivity index (χ1v) is 7.40. The monoisotopic (exact) mass is 300 g/mol. The number of nitrogens with one attached hydrogen (secondary N) is 1. The first-order chi connectivity index (χ1) is 10.1. The molecule has 7 nitrogen and oxygen atoms in total. The third-order valence-electron chi connectivity index (χ3n) is 4.26. The summed E-state index contributed by atoms with van der Waals surface area (Å²) in [5.41, 5.74) is -0.481. The molecule has 0 aromatic heterocycles. The van der Waals surface area contributed by atoms with Gasteiger partial charge in [0.05, 0.1) is 31.2 Å². The fourth-order valence-electron chi connectivity index (χ4n) is 3.16. The highest BCUT2D eigenvalue weighted by Crippen LogP contribution is 2.32. The highest BCUT2D eigenvalue weighted by molar-refractivity contribution is 5.83. The molecule has 0 radical (unpaired) electrons. The molecule has 0 aliphatic carbocycles. The number of nitrogens with zero attached hydrogens (tertiary/aromatic N) is 1. The highest BCUT2D eigenvalue weighted by atomic mass is 16.5. The zero-order valence-electron chi connectivity index (χ0n) is 12.5. The van der Waals surface area contributed by atoms with E-state index in [0.717, 1.165) is 25.9 Å². The second-order valence-corrected chi connectivity index (χ2v) is 5.81. The Morgan fingerprint density at radius 2 is 2.14 bits per heavy atom. The number of hydrogen-bond acceptors (Lipinski definition) is 5. The summed E-state index contributed by atoms with van der Waals surface area (Å²) in [6, 6.07) is 0. The third-order valence-corrected chi connectivity index (χ3v) is 4.26. The molecule has 2 N–H and O–H groups in total. The number of aliphatic carboxylic acids is 1. The van der Waals surface area contributed by atoms with Gasteiger partial charge in [0.2, 0.25) is 5.91 Å². The Kier molecular flexibility index (Phi) is 5.55. The van der Waals surface area contributed by atoms with E-state index in [0.29, 0.717) is 26.3 Å². The topological polar surface area (TPSA) is 88.1 Å². The summed E-state index contributed by atoms with van der Waals surface area (Å²) < 4.78 is 10.7. The van der Waals surface area contributed by atoms with Gasteiger partial charge in [-0.15, -0.1) is 0 Å². The number of methoxy groups -OCH3 is 1. The van der Waals surface area contributed by atoms with Crippen LogP contribution in [0.5, 0.6) is 0 Å². The molecule has 2 heterocycles. The maximum atomic E-state index is 12.9. The number of carboxylic acid groups (broad SMARTS) is 1. The van der Waals surface area contributed by atoms with Gasteiger partial charge in [-0.1, -0.05) is 0 Å². The number of hydrogen-bond donors (Lipinski definition) is 2. The van der Waals surface area contributed by atoms with E-state index in [2.05, 4.69) is 5.32 Å². The standard InChI is InChI=1S/C14H24N2O5/c1-20-10-14(2-4-15-5-3-14)13(19)16-6-7-21-11(9-16)8-12(17)18/h11,15H,2-10H2,1H3,(H,17,18). The summed E-state index contributed by atoms with van der Waals surface area (Å²) in [6.45, 7) is 3.29. The minimum atomic E-state index is -0.900. The fraction of sp³-hybridized carbons (Fsp3) is 0.857. The van der Waals surface area contributed by atoms with E-state index in [4.69, 9.17) is 14.6 Å². The minimum absolute atomic E-state index is 0.0669. The summed E-state index contributed by atoms with van der Waals surface area (Å²) in [5.74, 6) is -0.827. The molecule has 2 saturated heterocycles. The molecule has 2 rings (SSSR count). The lowest BCUT2D eigenvalue weighted by Crippen LogP contribution is -2.55. The molecule has 0 spiro atoms. The van der Waals surface area contributed by atoms with Crippen LogP contribution in [0.3, 0.4) is 0 Å². The number of ether oxygens (including phenoxy) is 2. The number of carbonyl (C=O) groups excluding carboxylic acids is 1. The van der Waals surface area contributed by atoms with Crippen LogP contribution in [0.25, 0.3) is 0 Å². The Bertz CT molecular complexity index is 376. The Morgan fingerprint density at radius 1 is 1.43 bits per heavy atom. The molecule has 1 unspecified atom stereocenters. The van der Waals surface area contributed by atoms with E-state index in [-0.39, 0.29) is 12.3 Å². The highest BCUT2D eigenvalue weighted by Gasteiger charge is 2.43. The van der Waals surface area contributed by atoms with Crippen LogP contribution in [0.4, 0.5) is 0 Å². The van der Waals surface area contributed by atoms with Crippen molar-refractivity contribution >= 4 is 11.9 Å². The van der Waals surface area contributed by atoms with Crippen LogP contribution < -0.4 is 5.32 Å². The summed E-state index contributed by atoms with van der Waals surface area (Å²) in [4.78, 5) is 25.5. The lowest BCUT2D eigenvalue weighted by Gasteiger charge is -2.42. The second kappa shape index (κ2) is 7.20. The molecule has 2 fully saturated rings. The Hall–Kier alpha value is -1.18. The largest absolute Gasteiger partial charge is 0.481 e. The van der Waals surface area contributed by atoms with Crippen LogP contribution >= 0.6 is 0 Å². The molecular formula is C14H24N2O5. The van der Waals surface area contributed by atoms with Gasteiger partial charge in [0.15, 0.2) is 0 Å². The van der Waals surface area contributed by atoms with Gasteiger partial charge in [-0.25, -0.2) is 0 Å². The number of carboxylic acids is 1. The van der Waals surface area contributed by atoms with Crippen LogP contribution in [0.1, 0.15) is 19.3 Å². The van der Waals surface area contributed by atoms with Crippen molar-refractivity contribution in [1.82, 2.24) is 10.2 Å². The van der Waals surface area contributed by atoms with Crippen LogP contribution in [0.15, 0.2) is 0 Å². The van der Waals surface area contributed by atoms with Gasteiger partial charge in [0, 0.05) is 20.2 Å². The zero-order chi connectivity index (χ0) is 15.3. The third kappa shape index (κ3) is 3.93. The summed E-state index contributed by atoms with van der Waals surface area (Å²) in [5, 5.41) is 12.1. The van der Waals surface area contributed by atoms with E-state index in [1.54, 1.807) is 12.0 Å². The molecule has 2 aliphatic rings. The van der Waals surface area contributed by atoms with Crippen molar-refractivity contribution in [3.8, 4) is 0 Å². The number of amides is 1. The summed E-state index contributed by atoms with van der Waals surface area (Å²) in [6.07, 6.45) is 1.02. The van der Waals surface area contributed by atoms with Crippen LogP contribution in [0, 0.1) is 5.41 Å². The second-order valence-electron chi connectivity index (χ2n) is 5.81. The van der Waals surface area contributed by atoms with Gasteiger partial charge in [0.25, 0.3) is 0 Å². The van der Waals surface area contributed by atoms with Crippen LogP contribution in [-0.4, -0.2) is 74.5 Å². The maximum Gasteiger partial charge on any atom is 0.306 e. The average molecular weight is 300 g/mol. The predicted molar refractivity (Wildman–Crippen MR) is 75.0 cm³/mol. The van der Waals surface area contributed by atoms with Crippen molar-refractivity contribution in [2.24, 2.45) is 5.41 Å². The fourth-order valence-corrected chi connectivity index (χ4v) is 3.16. The van der Waals surface area contributed by atoms with Crippen LogP contribution in [-0.2, 0) is 19.1 Å². The smallest absolute Gasteiger partial charge is 0.306 e. The molecule has 0 aromatic rings. The van der Waals surface area contributed by atoms with Crippen molar-refractivity contribution in [2.75, 3.05) is 46.5 Å². The van der Waals surface area contributed by atoms with E-state index < -0.39 is 17.5 Å². The van der Waals surface area contributed by atoms with Gasteiger partial charge < -0.3 is 24.8 Å². The number of piperidine rings is 1. The molecule has 0 saturated carbocycles.